The number of benzene rings is 1. The standard InChI is InChI=1S/C16H24BrNO3/c1-20-15-6-13(14(17)7-16(15)21-2)9-18-8-11-4-3-5-12(11)10-19/h6-7,11-12,18-19H,3-5,8-10H2,1-2H3. The molecule has 1 aliphatic rings. The van der Waals surface area contributed by atoms with Gasteiger partial charge in [-0.05, 0) is 48.9 Å². The Hall–Kier alpha value is -0.780. The molecule has 1 saturated carbocycles. The molecule has 5 heteroatoms. The van der Waals surface area contributed by atoms with E-state index in [2.05, 4.69) is 21.2 Å². The monoisotopic (exact) mass is 357 g/mol. The maximum absolute atomic E-state index is 9.36. The molecule has 0 spiro atoms. The van der Waals surface area contributed by atoms with Crippen molar-refractivity contribution >= 4 is 15.9 Å². The molecule has 1 fully saturated rings. The molecule has 1 aromatic carbocycles. The van der Waals surface area contributed by atoms with Crippen LogP contribution in [-0.2, 0) is 6.54 Å². The van der Waals surface area contributed by atoms with Crippen LogP contribution >= 0.6 is 15.9 Å². The van der Waals surface area contributed by atoms with Crippen LogP contribution in [0, 0.1) is 11.8 Å². The Morgan fingerprint density at radius 3 is 2.52 bits per heavy atom. The maximum atomic E-state index is 9.36. The van der Waals surface area contributed by atoms with Crippen LogP contribution in [0.3, 0.4) is 0 Å². The lowest BCUT2D eigenvalue weighted by molar-refractivity contribution is 0.192. The molecular weight excluding hydrogens is 334 g/mol. The summed E-state index contributed by atoms with van der Waals surface area (Å²) in [5.41, 5.74) is 1.14. The average Bonchev–Trinajstić information content (AvgIpc) is 2.95. The zero-order chi connectivity index (χ0) is 15.2. The number of hydrogen-bond acceptors (Lipinski definition) is 4. The van der Waals surface area contributed by atoms with Crippen LogP contribution in [-0.4, -0.2) is 32.5 Å². The molecule has 0 aliphatic heterocycles. The third kappa shape index (κ3) is 4.11. The van der Waals surface area contributed by atoms with Crippen molar-refractivity contribution in [2.45, 2.75) is 25.8 Å². The summed E-state index contributed by atoms with van der Waals surface area (Å²) in [6.45, 7) is 2.04. The second kappa shape index (κ2) is 8.01. The van der Waals surface area contributed by atoms with Gasteiger partial charge in [-0.3, -0.25) is 0 Å². The topological polar surface area (TPSA) is 50.7 Å². The summed E-state index contributed by atoms with van der Waals surface area (Å²) in [6, 6.07) is 3.93. The van der Waals surface area contributed by atoms with Gasteiger partial charge in [-0.2, -0.15) is 0 Å². The van der Waals surface area contributed by atoms with Crippen molar-refractivity contribution < 1.29 is 14.6 Å². The van der Waals surface area contributed by atoms with Crippen molar-refractivity contribution in [3.63, 3.8) is 0 Å². The maximum Gasteiger partial charge on any atom is 0.161 e. The van der Waals surface area contributed by atoms with E-state index in [9.17, 15) is 5.11 Å². The van der Waals surface area contributed by atoms with Crippen LogP contribution in [0.15, 0.2) is 16.6 Å². The number of aliphatic hydroxyl groups is 1. The minimum Gasteiger partial charge on any atom is -0.493 e. The summed E-state index contributed by atoms with van der Waals surface area (Å²) in [5.74, 6) is 2.52. The summed E-state index contributed by atoms with van der Waals surface area (Å²) < 4.78 is 11.6. The van der Waals surface area contributed by atoms with Gasteiger partial charge in [0.05, 0.1) is 14.2 Å². The second-order valence-electron chi connectivity index (χ2n) is 5.56. The molecule has 1 aromatic rings. The summed E-state index contributed by atoms with van der Waals surface area (Å²) in [5, 5.41) is 12.9. The van der Waals surface area contributed by atoms with Gasteiger partial charge in [-0.1, -0.05) is 22.4 Å². The third-order valence-electron chi connectivity index (χ3n) is 4.33. The Balaban J connectivity index is 1.93. The molecule has 0 radical (unpaired) electrons. The fourth-order valence-corrected chi connectivity index (χ4v) is 3.51. The fourth-order valence-electron chi connectivity index (χ4n) is 3.05. The number of methoxy groups -OCH3 is 2. The van der Waals surface area contributed by atoms with E-state index in [0.29, 0.717) is 18.4 Å². The number of halogens is 1. The average molecular weight is 358 g/mol. The molecule has 0 amide bonds. The van der Waals surface area contributed by atoms with Crippen LogP contribution in [0.4, 0.5) is 0 Å². The van der Waals surface area contributed by atoms with Gasteiger partial charge >= 0.3 is 0 Å². The lowest BCUT2D eigenvalue weighted by atomic mass is 9.97. The normalized spacial score (nSPS) is 21.5. The first-order valence-corrected chi connectivity index (χ1v) is 8.20. The molecule has 2 atom stereocenters. The smallest absolute Gasteiger partial charge is 0.161 e. The number of aliphatic hydroxyl groups excluding tert-OH is 1. The minimum atomic E-state index is 0.312. The van der Waals surface area contributed by atoms with Crippen molar-refractivity contribution in [3.05, 3.63) is 22.2 Å². The highest BCUT2D eigenvalue weighted by Gasteiger charge is 2.26. The zero-order valence-electron chi connectivity index (χ0n) is 12.7. The Bertz CT molecular complexity index is 467. The molecule has 21 heavy (non-hydrogen) atoms. The highest BCUT2D eigenvalue weighted by molar-refractivity contribution is 9.10. The van der Waals surface area contributed by atoms with E-state index in [4.69, 9.17) is 9.47 Å². The number of nitrogens with one attached hydrogen (secondary N) is 1. The third-order valence-corrected chi connectivity index (χ3v) is 5.06. The van der Waals surface area contributed by atoms with Crippen LogP contribution in [0.5, 0.6) is 11.5 Å². The molecule has 0 aromatic heterocycles. The molecule has 2 N–H and O–H groups in total. The highest BCUT2D eigenvalue weighted by Crippen LogP contribution is 2.34. The number of rotatable bonds is 7. The Morgan fingerprint density at radius 2 is 1.86 bits per heavy atom. The Kier molecular flexibility index (Phi) is 6.33. The zero-order valence-corrected chi connectivity index (χ0v) is 14.3. The quantitative estimate of drug-likeness (QED) is 0.787. The van der Waals surface area contributed by atoms with Gasteiger partial charge in [0.2, 0.25) is 0 Å². The van der Waals surface area contributed by atoms with Gasteiger partial charge in [0.15, 0.2) is 11.5 Å². The van der Waals surface area contributed by atoms with Crippen LogP contribution in [0.25, 0.3) is 0 Å². The second-order valence-corrected chi connectivity index (χ2v) is 6.42. The molecule has 2 rings (SSSR count). The molecule has 0 saturated heterocycles. The molecular formula is C16H24BrNO3. The van der Waals surface area contributed by atoms with Crippen molar-refractivity contribution in [3.8, 4) is 11.5 Å². The largest absolute Gasteiger partial charge is 0.493 e. The van der Waals surface area contributed by atoms with Crippen molar-refractivity contribution in [2.24, 2.45) is 11.8 Å². The van der Waals surface area contributed by atoms with E-state index in [1.165, 1.54) is 12.8 Å². The minimum absolute atomic E-state index is 0.312. The Labute approximate surface area is 135 Å². The molecule has 1 aliphatic carbocycles. The van der Waals surface area contributed by atoms with Crippen molar-refractivity contribution in [1.29, 1.82) is 0 Å². The first-order chi connectivity index (χ1) is 10.2. The SMILES string of the molecule is COc1cc(Br)c(CNCC2CCCC2CO)cc1OC. The Morgan fingerprint density at radius 1 is 1.19 bits per heavy atom. The first kappa shape index (κ1) is 16.6. The van der Waals surface area contributed by atoms with Gasteiger partial charge < -0.3 is 19.9 Å². The summed E-state index contributed by atoms with van der Waals surface area (Å²) in [4.78, 5) is 0. The van der Waals surface area contributed by atoms with Gasteiger partial charge in [0.1, 0.15) is 0 Å². The predicted molar refractivity (Wildman–Crippen MR) is 86.9 cm³/mol. The molecule has 0 heterocycles. The van der Waals surface area contributed by atoms with Crippen molar-refractivity contribution in [1.82, 2.24) is 5.32 Å². The lowest BCUT2D eigenvalue weighted by Gasteiger charge is -2.18. The molecule has 2 unspecified atom stereocenters. The summed E-state index contributed by atoms with van der Waals surface area (Å²) >= 11 is 3.57. The van der Waals surface area contributed by atoms with Crippen LogP contribution < -0.4 is 14.8 Å². The van der Waals surface area contributed by atoms with E-state index in [0.717, 1.165) is 41.0 Å². The number of ether oxygens (including phenoxy) is 2. The summed E-state index contributed by atoms with van der Waals surface area (Å²) in [6.07, 6.45) is 3.60. The van der Waals surface area contributed by atoms with E-state index in [1.807, 2.05) is 12.1 Å². The number of hydrogen-bond donors (Lipinski definition) is 2. The van der Waals surface area contributed by atoms with E-state index >= 15 is 0 Å². The van der Waals surface area contributed by atoms with Crippen LogP contribution in [0.1, 0.15) is 24.8 Å². The van der Waals surface area contributed by atoms with E-state index < -0.39 is 0 Å². The van der Waals surface area contributed by atoms with Crippen LogP contribution in [0.2, 0.25) is 0 Å². The first-order valence-electron chi connectivity index (χ1n) is 7.41. The predicted octanol–water partition coefficient (Wildman–Crippen LogP) is 2.96. The van der Waals surface area contributed by atoms with Gasteiger partial charge in [0, 0.05) is 17.6 Å². The molecule has 4 nitrogen and oxygen atoms in total. The van der Waals surface area contributed by atoms with Gasteiger partial charge in [0.25, 0.3) is 0 Å². The fraction of sp³-hybridized carbons (Fsp3) is 0.625. The summed E-state index contributed by atoms with van der Waals surface area (Å²) in [7, 11) is 3.28. The highest BCUT2D eigenvalue weighted by atomic mass is 79.9. The molecule has 118 valence electrons. The van der Waals surface area contributed by atoms with E-state index in [-0.39, 0.29) is 0 Å². The lowest BCUT2D eigenvalue weighted by Crippen LogP contribution is -2.26. The van der Waals surface area contributed by atoms with Crippen molar-refractivity contribution in [2.75, 3.05) is 27.4 Å². The van der Waals surface area contributed by atoms with E-state index in [1.54, 1.807) is 14.2 Å². The van der Waals surface area contributed by atoms with Gasteiger partial charge in [-0.15, -0.1) is 0 Å². The molecule has 0 bridgehead atoms. The van der Waals surface area contributed by atoms with Gasteiger partial charge in [-0.25, -0.2) is 0 Å².